The summed E-state index contributed by atoms with van der Waals surface area (Å²) in [5, 5.41) is 0. The third kappa shape index (κ3) is 53.5. The fourth-order valence-corrected chi connectivity index (χ4v) is 0.342. The molecule has 2 nitrogen and oxygen atoms in total. The predicted molar refractivity (Wildman–Crippen MR) is 63.3 cm³/mol. The Morgan fingerprint density at radius 2 is 1.27 bits per heavy atom. The molecule has 0 fully saturated rings. The molecule has 0 saturated heterocycles. The van der Waals surface area contributed by atoms with Gasteiger partial charge in [-0.15, -0.1) is 0 Å². The molecule has 0 radical (unpaired) electrons. The summed E-state index contributed by atoms with van der Waals surface area (Å²) in [5.74, 6) is 0. The van der Waals surface area contributed by atoms with Crippen LogP contribution in [0.1, 0.15) is 0 Å². The first kappa shape index (κ1) is 24.7. The van der Waals surface area contributed by atoms with Crippen LogP contribution in [0.4, 0.5) is 13.2 Å². The van der Waals surface area contributed by atoms with Crippen LogP contribution in [0, 0.1) is 6.07 Å². The third-order valence-corrected chi connectivity index (χ3v) is 0.607. The summed E-state index contributed by atoms with van der Waals surface area (Å²) in [6.07, 6.45) is 0. The van der Waals surface area contributed by atoms with Gasteiger partial charge in [-0.25, -0.2) is 0 Å². The molecule has 96 valence electrons. The molecule has 1 aromatic carbocycles. The zero-order valence-corrected chi connectivity index (χ0v) is 11.2. The summed E-state index contributed by atoms with van der Waals surface area (Å²) >= 11 is 8.70. The molecule has 0 spiro atoms. The van der Waals surface area contributed by atoms with Crippen LogP contribution < -0.4 is 0 Å². The maximum absolute atomic E-state index is 10.2. The van der Waals surface area contributed by atoms with Crippen molar-refractivity contribution in [3.8, 4) is 0 Å². The van der Waals surface area contributed by atoms with Gasteiger partial charge in [0.2, 0.25) is 0 Å². The van der Waals surface area contributed by atoms with Gasteiger partial charge in [0.15, 0.2) is 0 Å². The van der Waals surface area contributed by atoms with E-state index in [9.17, 15) is 13.2 Å². The fourth-order valence-electron chi connectivity index (χ4n) is 0.342. The topological polar surface area (TPSA) is 67.0 Å². The molecule has 4 N–H and O–H groups in total. The number of alkyl halides is 3. The molecule has 0 saturated carbocycles. The number of halogens is 4. The first-order chi connectivity index (χ1) is 6.00. The first-order valence-corrected chi connectivity index (χ1v) is 6.24. The van der Waals surface area contributed by atoms with E-state index in [0.29, 0.717) is 0 Å². The third-order valence-electron chi connectivity index (χ3n) is 0.607. The molecule has 1 rings (SSSR count). The van der Waals surface area contributed by atoms with Crippen molar-refractivity contribution >= 4 is 33.0 Å². The van der Waals surface area contributed by atoms with Crippen molar-refractivity contribution in [1.82, 2.24) is 0 Å². The summed E-state index contributed by atoms with van der Waals surface area (Å²) in [5.41, 5.74) is -4.42. The number of benzene rings is 1. The van der Waals surface area contributed by atoms with Crippen LogP contribution >= 0.6 is 20.3 Å². The Balaban J connectivity index is -0.0000000629. The molecule has 0 aromatic heterocycles. The summed E-state index contributed by atoms with van der Waals surface area (Å²) in [4.78, 5) is 0. The van der Waals surface area contributed by atoms with Gasteiger partial charge in [0.1, 0.15) is 0 Å². The molecule has 0 atom stereocenters. The van der Waals surface area contributed by atoms with Gasteiger partial charge in [0.05, 0.1) is 0 Å². The van der Waals surface area contributed by atoms with Crippen LogP contribution in [0.3, 0.4) is 0 Å². The average Bonchev–Trinajstić information content (AvgIpc) is 2.08. The molecule has 0 aliphatic rings. The Kier molecular flexibility index (Phi) is 27.9. The molecule has 0 unspecified atom stereocenters. The SMILES string of the molecule is FC(F)(F)[S-].[Cu][I].[NH2-].[NH2-].[c-]1ccccc1. The normalized spacial score (nSPS) is 7.67. The summed E-state index contributed by atoms with van der Waals surface area (Å²) in [7, 11) is 0. The Bertz CT molecular complexity index is 157. The van der Waals surface area contributed by atoms with E-state index in [1.54, 1.807) is 20.3 Å². The maximum atomic E-state index is 10.2. The number of rotatable bonds is 0. The summed E-state index contributed by atoms with van der Waals surface area (Å²) in [6.45, 7) is 0. The van der Waals surface area contributed by atoms with E-state index in [2.05, 4.69) is 31.5 Å². The minimum atomic E-state index is -4.42. The van der Waals surface area contributed by atoms with Crippen LogP contribution in [0.5, 0.6) is 0 Å². The van der Waals surface area contributed by atoms with Gasteiger partial charge in [-0.1, -0.05) is 0 Å². The Morgan fingerprint density at radius 1 is 1.00 bits per heavy atom. The number of hydrogen-bond donors (Lipinski definition) is 0. The Hall–Kier alpha value is 0.529. The monoisotopic (exact) mass is 400 g/mol. The zero-order chi connectivity index (χ0) is 10.7. The minimum absolute atomic E-state index is 0. The van der Waals surface area contributed by atoms with Gasteiger partial charge < -0.3 is 24.9 Å². The zero-order valence-electron chi connectivity index (χ0n) is 7.26. The van der Waals surface area contributed by atoms with Crippen LogP contribution in [-0.4, -0.2) is 5.51 Å². The van der Waals surface area contributed by atoms with Gasteiger partial charge in [0, 0.05) is 0 Å². The molecule has 0 aliphatic heterocycles. The molecule has 0 amide bonds. The second-order valence-corrected chi connectivity index (χ2v) is 1.99. The largest absolute Gasteiger partial charge is 0.693 e. The van der Waals surface area contributed by atoms with Gasteiger partial charge in [-0.05, 0) is 0 Å². The molecule has 0 aliphatic carbocycles. The standard InChI is InChI=1S/C6H5.CHF3S.Cu.HI.2H2N/c1-2-4-6-5-3-1;2-1(3,4)5;;;;/h1-5H;5H;;1H;2*1H2/q-1;;+1;;2*-1/p-2. The van der Waals surface area contributed by atoms with Crippen molar-refractivity contribution < 1.29 is 25.9 Å². The smallest absolute Gasteiger partial charge is 0.171 e. The van der Waals surface area contributed by atoms with Crippen molar-refractivity contribution in [3.63, 3.8) is 0 Å². The molecular formula is C7H9CuF3IN2S-4. The number of hydrogen-bond acceptors (Lipinski definition) is 1. The fraction of sp³-hybridized carbons (Fsp3) is 0.143. The van der Waals surface area contributed by atoms with Gasteiger partial charge in [0.25, 0.3) is 5.51 Å². The molecule has 1 aromatic rings. The quantitative estimate of drug-likeness (QED) is 0.265. The van der Waals surface area contributed by atoms with E-state index >= 15 is 0 Å². The second kappa shape index (κ2) is 16.9. The van der Waals surface area contributed by atoms with Crippen molar-refractivity contribution in [1.29, 1.82) is 0 Å². The second-order valence-electron chi connectivity index (χ2n) is 1.52. The van der Waals surface area contributed by atoms with Crippen molar-refractivity contribution in [2.75, 3.05) is 0 Å². The van der Waals surface area contributed by atoms with Crippen molar-refractivity contribution in [3.05, 3.63) is 48.7 Å². The van der Waals surface area contributed by atoms with Crippen LogP contribution in [0.25, 0.3) is 12.3 Å². The van der Waals surface area contributed by atoms with E-state index in [1.165, 1.54) is 0 Å². The first-order valence-electron chi connectivity index (χ1n) is 2.80. The van der Waals surface area contributed by atoms with Gasteiger partial charge in [-0.3, -0.25) is 0 Å². The minimum Gasteiger partial charge on any atom is -0.693 e. The van der Waals surface area contributed by atoms with E-state index in [0.717, 1.165) is 0 Å². The number of nitrogens with two attached hydrogens (primary N) is 2. The van der Waals surface area contributed by atoms with Gasteiger partial charge in [-0.2, -0.15) is 49.6 Å². The molecular weight excluding hydrogens is 392 g/mol. The van der Waals surface area contributed by atoms with E-state index in [1.807, 2.05) is 30.3 Å². The van der Waals surface area contributed by atoms with Gasteiger partial charge >= 0.3 is 33.1 Å². The van der Waals surface area contributed by atoms with Crippen LogP contribution in [0.2, 0.25) is 0 Å². The molecule has 0 bridgehead atoms. The average molecular weight is 401 g/mol. The Labute approximate surface area is 113 Å². The van der Waals surface area contributed by atoms with Crippen LogP contribution in [-0.2, 0) is 25.4 Å². The van der Waals surface area contributed by atoms with Crippen molar-refractivity contribution in [2.45, 2.75) is 5.51 Å². The summed E-state index contributed by atoms with van der Waals surface area (Å²) < 4.78 is 30.5. The van der Waals surface area contributed by atoms with Crippen molar-refractivity contribution in [2.24, 2.45) is 0 Å². The summed E-state index contributed by atoms with van der Waals surface area (Å²) in [6, 6.07) is 12.5. The molecule has 15 heavy (non-hydrogen) atoms. The predicted octanol–water partition coefficient (Wildman–Crippen LogP) is 4.86. The maximum Gasteiger partial charge on any atom is -0.171 e. The van der Waals surface area contributed by atoms with Crippen LogP contribution in [0.15, 0.2) is 30.3 Å². The van der Waals surface area contributed by atoms with E-state index in [4.69, 9.17) is 0 Å². The Morgan fingerprint density at radius 3 is 1.33 bits per heavy atom. The van der Waals surface area contributed by atoms with E-state index < -0.39 is 5.51 Å². The molecule has 0 heterocycles. The van der Waals surface area contributed by atoms with E-state index in [-0.39, 0.29) is 12.3 Å². The molecule has 8 heteroatoms.